The van der Waals surface area contributed by atoms with E-state index in [2.05, 4.69) is 5.32 Å². The van der Waals surface area contributed by atoms with Gasteiger partial charge in [0.15, 0.2) is 9.84 Å². The van der Waals surface area contributed by atoms with E-state index in [1.165, 1.54) is 13.2 Å². The number of hydrogen-bond donors (Lipinski definition) is 2. The molecule has 0 spiro atoms. The lowest BCUT2D eigenvalue weighted by molar-refractivity contribution is 0.172. The van der Waals surface area contributed by atoms with Gasteiger partial charge in [-0.25, -0.2) is 8.42 Å². The van der Waals surface area contributed by atoms with Crippen LogP contribution in [0.4, 0.5) is 0 Å². The van der Waals surface area contributed by atoms with Crippen LogP contribution in [0.25, 0.3) is 0 Å². The fourth-order valence-corrected chi connectivity index (χ4v) is 2.88. The lowest BCUT2D eigenvalue weighted by Gasteiger charge is -2.27. The van der Waals surface area contributed by atoms with E-state index in [9.17, 15) is 13.5 Å². The highest BCUT2D eigenvalue weighted by Crippen LogP contribution is 2.18. The normalized spacial score (nSPS) is 14.8. The maximum absolute atomic E-state index is 12.2. The fraction of sp³-hybridized carbons (Fsp3) is 0.571. The molecule has 2 N–H and O–H groups in total. The van der Waals surface area contributed by atoms with Crippen LogP contribution in [0, 0.1) is 0 Å². The fourth-order valence-electron chi connectivity index (χ4n) is 1.69. The third-order valence-electron chi connectivity index (χ3n) is 3.45. The van der Waals surface area contributed by atoms with E-state index in [0.717, 1.165) is 6.42 Å². The quantitative estimate of drug-likeness (QED) is 0.755. The number of aliphatic hydroxyl groups is 1. The molecular weight excluding hydrogens is 278 g/mol. The highest BCUT2D eigenvalue weighted by molar-refractivity contribution is 7.91. The highest BCUT2D eigenvalue weighted by Gasteiger charge is 2.22. The minimum atomic E-state index is -3.36. The average molecular weight is 301 g/mol. The Bertz CT molecular complexity index is 524. The van der Waals surface area contributed by atoms with Crippen molar-refractivity contribution in [3.05, 3.63) is 24.3 Å². The van der Waals surface area contributed by atoms with Crippen molar-refractivity contribution in [1.29, 1.82) is 0 Å². The van der Waals surface area contributed by atoms with E-state index < -0.39 is 15.4 Å². The molecule has 1 atom stereocenters. The Morgan fingerprint density at radius 1 is 1.40 bits per heavy atom. The smallest absolute Gasteiger partial charge is 0.179 e. The summed E-state index contributed by atoms with van der Waals surface area (Å²) in [5.41, 5.74) is -0.441. The third kappa shape index (κ3) is 4.47. The number of rotatable bonds is 8. The first-order chi connectivity index (χ1) is 9.37. The van der Waals surface area contributed by atoms with Gasteiger partial charge in [-0.1, -0.05) is 13.0 Å². The molecule has 0 aliphatic carbocycles. The minimum absolute atomic E-state index is 0.0181. The van der Waals surface area contributed by atoms with Crippen LogP contribution in [-0.4, -0.2) is 45.1 Å². The number of nitrogens with one attached hydrogen (secondary N) is 1. The standard InChI is InChI=1S/C14H23NO4S/c1-4-14(2,11-16)15-8-9-20(17,18)13-7-5-6-12(10-13)19-3/h5-7,10,15-16H,4,8-9,11H2,1-3H3/t14-/m0/s1. The van der Waals surface area contributed by atoms with Crippen molar-refractivity contribution in [2.45, 2.75) is 30.7 Å². The molecule has 1 aromatic carbocycles. The summed E-state index contributed by atoms with van der Waals surface area (Å²) in [7, 11) is -1.85. The number of methoxy groups -OCH3 is 1. The molecule has 0 radical (unpaired) electrons. The molecule has 114 valence electrons. The number of aliphatic hydroxyl groups excluding tert-OH is 1. The van der Waals surface area contributed by atoms with Gasteiger partial charge in [0.1, 0.15) is 5.75 Å². The molecule has 5 nitrogen and oxygen atoms in total. The Morgan fingerprint density at radius 2 is 2.10 bits per heavy atom. The Kier molecular flexibility index (Phi) is 5.98. The summed E-state index contributed by atoms with van der Waals surface area (Å²) >= 11 is 0. The molecule has 0 fully saturated rings. The largest absolute Gasteiger partial charge is 0.497 e. The van der Waals surface area contributed by atoms with Crippen molar-refractivity contribution < 1.29 is 18.3 Å². The molecule has 0 amide bonds. The second kappa shape index (κ2) is 7.06. The molecule has 0 saturated heterocycles. The van der Waals surface area contributed by atoms with E-state index in [4.69, 9.17) is 4.74 Å². The minimum Gasteiger partial charge on any atom is -0.497 e. The van der Waals surface area contributed by atoms with Gasteiger partial charge >= 0.3 is 0 Å². The predicted molar refractivity (Wildman–Crippen MR) is 78.8 cm³/mol. The monoisotopic (exact) mass is 301 g/mol. The molecule has 0 aromatic heterocycles. The number of sulfone groups is 1. The Morgan fingerprint density at radius 3 is 2.65 bits per heavy atom. The molecule has 0 heterocycles. The van der Waals surface area contributed by atoms with Crippen LogP contribution in [0.1, 0.15) is 20.3 Å². The van der Waals surface area contributed by atoms with Crippen molar-refractivity contribution in [1.82, 2.24) is 5.32 Å². The van der Waals surface area contributed by atoms with E-state index in [1.54, 1.807) is 18.2 Å². The lowest BCUT2D eigenvalue weighted by atomic mass is 10.0. The van der Waals surface area contributed by atoms with E-state index >= 15 is 0 Å². The summed E-state index contributed by atoms with van der Waals surface area (Å²) in [6.45, 7) is 4.08. The molecular formula is C14H23NO4S. The van der Waals surface area contributed by atoms with Gasteiger partial charge in [-0.3, -0.25) is 0 Å². The van der Waals surface area contributed by atoms with Gasteiger partial charge < -0.3 is 15.2 Å². The van der Waals surface area contributed by atoms with Gasteiger partial charge in [0.2, 0.25) is 0 Å². The zero-order chi connectivity index (χ0) is 15.2. The number of hydrogen-bond acceptors (Lipinski definition) is 5. The van der Waals surface area contributed by atoms with Crippen LogP contribution in [0.3, 0.4) is 0 Å². The summed E-state index contributed by atoms with van der Waals surface area (Å²) in [5, 5.41) is 12.4. The maximum atomic E-state index is 12.2. The molecule has 0 unspecified atom stereocenters. The number of ether oxygens (including phenoxy) is 1. The SMILES string of the molecule is CC[C@@](C)(CO)NCCS(=O)(=O)c1cccc(OC)c1. The maximum Gasteiger partial charge on any atom is 0.179 e. The molecule has 0 bridgehead atoms. The van der Waals surface area contributed by atoms with Gasteiger partial charge in [-0.15, -0.1) is 0 Å². The first kappa shape index (κ1) is 16.9. The third-order valence-corrected chi connectivity index (χ3v) is 5.17. The van der Waals surface area contributed by atoms with Crippen LogP contribution in [-0.2, 0) is 9.84 Å². The summed E-state index contributed by atoms with van der Waals surface area (Å²) < 4.78 is 29.4. The molecule has 6 heteroatoms. The number of benzene rings is 1. The zero-order valence-electron chi connectivity index (χ0n) is 12.2. The van der Waals surface area contributed by atoms with Crippen LogP contribution in [0.5, 0.6) is 5.75 Å². The summed E-state index contributed by atoms with van der Waals surface area (Å²) in [6.07, 6.45) is 0.725. The van der Waals surface area contributed by atoms with Gasteiger partial charge in [-0.05, 0) is 31.5 Å². The Labute approximate surface area is 120 Å². The van der Waals surface area contributed by atoms with Crippen molar-refractivity contribution in [2.24, 2.45) is 0 Å². The van der Waals surface area contributed by atoms with Crippen LogP contribution in [0.15, 0.2) is 29.2 Å². The topological polar surface area (TPSA) is 75.6 Å². The highest BCUT2D eigenvalue weighted by atomic mass is 32.2. The van der Waals surface area contributed by atoms with Crippen molar-refractivity contribution in [2.75, 3.05) is 26.0 Å². The Balaban J connectivity index is 2.71. The van der Waals surface area contributed by atoms with Crippen LogP contribution in [0.2, 0.25) is 0 Å². The zero-order valence-corrected chi connectivity index (χ0v) is 13.0. The van der Waals surface area contributed by atoms with Gasteiger partial charge in [-0.2, -0.15) is 0 Å². The van der Waals surface area contributed by atoms with E-state index in [-0.39, 0.29) is 17.3 Å². The van der Waals surface area contributed by atoms with Crippen molar-refractivity contribution >= 4 is 9.84 Å². The van der Waals surface area contributed by atoms with E-state index in [1.807, 2.05) is 13.8 Å². The Hall–Kier alpha value is -1.11. The average Bonchev–Trinajstić information content (AvgIpc) is 2.47. The molecule has 0 saturated carbocycles. The first-order valence-corrected chi connectivity index (χ1v) is 8.25. The van der Waals surface area contributed by atoms with Gasteiger partial charge in [0.25, 0.3) is 0 Å². The molecule has 0 aliphatic rings. The first-order valence-electron chi connectivity index (χ1n) is 6.59. The van der Waals surface area contributed by atoms with E-state index in [0.29, 0.717) is 12.3 Å². The van der Waals surface area contributed by atoms with Crippen molar-refractivity contribution in [3.8, 4) is 5.75 Å². The second-order valence-electron chi connectivity index (χ2n) is 5.00. The molecule has 1 rings (SSSR count). The summed E-state index contributed by atoms with van der Waals surface area (Å²) in [4.78, 5) is 0.251. The van der Waals surface area contributed by atoms with Gasteiger partial charge in [0.05, 0.1) is 24.4 Å². The summed E-state index contributed by atoms with van der Waals surface area (Å²) in [6, 6.07) is 6.43. The second-order valence-corrected chi connectivity index (χ2v) is 7.11. The van der Waals surface area contributed by atoms with Crippen LogP contribution < -0.4 is 10.1 Å². The van der Waals surface area contributed by atoms with Gasteiger partial charge in [0, 0.05) is 12.1 Å². The van der Waals surface area contributed by atoms with Crippen molar-refractivity contribution in [3.63, 3.8) is 0 Å². The molecule has 1 aromatic rings. The lowest BCUT2D eigenvalue weighted by Crippen LogP contribution is -2.46. The molecule has 20 heavy (non-hydrogen) atoms. The predicted octanol–water partition coefficient (Wildman–Crippen LogP) is 1.22. The summed E-state index contributed by atoms with van der Waals surface area (Å²) in [5.74, 6) is 0.503. The molecule has 0 aliphatic heterocycles. The van der Waals surface area contributed by atoms with Crippen LogP contribution >= 0.6 is 0 Å².